The van der Waals surface area contributed by atoms with Crippen molar-refractivity contribution in [3.05, 3.63) is 56.5 Å². The number of amides is 1. The van der Waals surface area contributed by atoms with Crippen LogP contribution < -0.4 is 5.32 Å². The van der Waals surface area contributed by atoms with Crippen LogP contribution in [0, 0.1) is 6.92 Å². The summed E-state index contributed by atoms with van der Waals surface area (Å²) < 4.78 is 1.62. The number of halogens is 2. The first kappa shape index (κ1) is 14.1. The van der Waals surface area contributed by atoms with E-state index in [1.165, 1.54) is 0 Å². The molecule has 3 nitrogen and oxygen atoms in total. The lowest BCUT2D eigenvalue weighted by Crippen LogP contribution is -2.13. The van der Waals surface area contributed by atoms with E-state index in [-0.39, 0.29) is 11.7 Å². The summed E-state index contributed by atoms with van der Waals surface area (Å²) in [6.07, 6.45) is 0. The summed E-state index contributed by atoms with van der Waals surface area (Å²) in [6.45, 7) is 1.83. The number of anilines is 1. The third kappa shape index (κ3) is 3.36. The van der Waals surface area contributed by atoms with Crippen molar-refractivity contribution in [1.29, 1.82) is 0 Å². The van der Waals surface area contributed by atoms with Gasteiger partial charge in [0.15, 0.2) is 0 Å². The lowest BCUT2D eigenvalue weighted by atomic mass is 10.1. The van der Waals surface area contributed by atoms with Crippen LogP contribution in [0.4, 0.5) is 5.69 Å². The predicted molar refractivity (Wildman–Crippen MR) is 82.6 cm³/mol. The minimum Gasteiger partial charge on any atom is -0.508 e. The first-order chi connectivity index (χ1) is 8.97. The Morgan fingerprint density at radius 3 is 2.53 bits per heavy atom. The largest absolute Gasteiger partial charge is 0.508 e. The molecule has 0 saturated heterocycles. The van der Waals surface area contributed by atoms with Crippen LogP contribution in [0.1, 0.15) is 15.9 Å². The highest BCUT2D eigenvalue weighted by atomic mass is 79.9. The lowest BCUT2D eigenvalue weighted by molar-refractivity contribution is 0.102. The number of hydrogen-bond acceptors (Lipinski definition) is 2. The topological polar surface area (TPSA) is 49.3 Å². The van der Waals surface area contributed by atoms with Crippen molar-refractivity contribution < 1.29 is 9.90 Å². The summed E-state index contributed by atoms with van der Waals surface area (Å²) in [6, 6.07) is 10.2. The van der Waals surface area contributed by atoms with E-state index < -0.39 is 0 Å². The average molecular weight is 385 g/mol. The molecule has 2 N–H and O–H groups in total. The van der Waals surface area contributed by atoms with Gasteiger partial charge >= 0.3 is 0 Å². The fourth-order valence-electron chi connectivity index (χ4n) is 1.65. The number of carbonyl (C=O) groups excluding carboxylic acids is 1. The highest BCUT2D eigenvalue weighted by Crippen LogP contribution is 2.25. The van der Waals surface area contributed by atoms with E-state index >= 15 is 0 Å². The van der Waals surface area contributed by atoms with E-state index in [9.17, 15) is 9.90 Å². The molecule has 0 aliphatic heterocycles. The highest BCUT2D eigenvalue weighted by molar-refractivity contribution is 9.11. The van der Waals surface area contributed by atoms with Crippen molar-refractivity contribution in [1.82, 2.24) is 0 Å². The third-order valence-corrected chi connectivity index (χ3v) is 3.78. The molecule has 0 heterocycles. The molecule has 0 saturated carbocycles. The average Bonchev–Trinajstić information content (AvgIpc) is 2.32. The Kier molecular flexibility index (Phi) is 4.27. The van der Waals surface area contributed by atoms with Crippen LogP contribution in [0.3, 0.4) is 0 Å². The number of aryl methyl sites for hydroxylation is 1. The highest BCUT2D eigenvalue weighted by Gasteiger charge is 2.11. The summed E-state index contributed by atoms with van der Waals surface area (Å²) in [5, 5.41) is 12.2. The molecule has 0 radical (unpaired) electrons. The van der Waals surface area contributed by atoms with Crippen molar-refractivity contribution in [2.45, 2.75) is 6.92 Å². The number of hydrogen-bond donors (Lipinski definition) is 2. The molecule has 0 atom stereocenters. The summed E-state index contributed by atoms with van der Waals surface area (Å²) >= 11 is 6.70. The van der Waals surface area contributed by atoms with E-state index in [2.05, 4.69) is 37.2 Å². The molecule has 0 aliphatic rings. The molecule has 1 amide bonds. The fraction of sp³-hybridized carbons (Fsp3) is 0.0714. The first-order valence-corrected chi connectivity index (χ1v) is 7.12. The molecule has 0 fully saturated rings. The molecule has 0 spiro atoms. The number of phenols is 1. The molecular formula is C14H11Br2NO2. The molecule has 0 aromatic heterocycles. The molecule has 2 rings (SSSR count). The van der Waals surface area contributed by atoms with Crippen molar-refractivity contribution in [3.8, 4) is 5.75 Å². The van der Waals surface area contributed by atoms with Gasteiger partial charge in [-0.15, -0.1) is 0 Å². The minimum absolute atomic E-state index is 0.181. The van der Waals surface area contributed by atoms with Crippen LogP contribution in [-0.2, 0) is 0 Å². The number of nitrogens with one attached hydrogen (secondary N) is 1. The van der Waals surface area contributed by atoms with Crippen LogP contribution >= 0.6 is 31.9 Å². The summed E-state index contributed by atoms with van der Waals surface area (Å²) in [5.41, 5.74) is 2.04. The Hall–Kier alpha value is -1.33. The quantitative estimate of drug-likeness (QED) is 0.750. The maximum Gasteiger partial charge on any atom is 0.256 e. The van der Waals surface area contributed by atoms with Gasteiger partial charge in [-0.3, -0.25) is 4.79 Å². The van der Waals surface area contributed by atoms with E-state index in [4.69, 9.17) is 0 Å². The van der Waals surface area contributed by atoms with Gasteiger partial charge in [-0.1, -0.05) is 15.9 Å². The Balaban J connectivity index is 2.25. The van der Waals surface area contributed by atoms with Gasteiger partial charge in [-0.25, -0.2) is 0 Å². The van der Waals surface area contributed by atoms with Crippen LogP contribution in [0.15, 0.2) is 45.3 Å². The van der Waals surface area contributed by atoms with Gasteiger partial charge in [0.1, 0.15) is 5.75 Å². The van der Waals surface area contributed by atoms with Crippen molar-refractivity contribution in [2.75, 3.05) is 5.32 Å². The molecule has 5 heteroatoms. The monoisotopic (exact) mass is 383 g/mol. The fourth-order valence-corrected chi connectivity index (χ4v) is 2.88. The first-order valence-electron chi connectivity index (χ1n) is 5.53. The normalized spacial score (nSPS) is 10.3. The Labute approximate surface area is 127 Å². The molecule has 2 aromatic carbocycles. The van der Waals surface area contributed by atoms with E-state index in [1.807, 2.05) is 19.1 Å². The maximum atomic E-state index is 12.2. The van der Waals surface area contributed by atoms with Crippen molar-refractivity contribution in [3.63, 3.8) is 0 Å². The molecule has 19 heavy (non-hydrogen) atoms. The molecule has 0 unspecified atom stereocenters. The minimum atomic E-state index is -0.201. The van der Waals surface area contributed by atoms with Gasteiger partial charge in [0.05, 0.1) is 5.56 Å². The Morgan fingerprint density at radius 1 is 1.16 bits per heavy atom. The predicted octanol–water partition coefficient (Wildman–Crippen LogP) is 4.48. The van der Waals surface area contributed by atoms with Crippen LogP contribution in [0.5, 0.6) is 5.75 Å². The molecule has 0 bridgehead atoms. The maximum absolute atomic E-state index is 12.2. The number of rotatable bonds is 2. The van der Waals surface area contributed by atoms with Gasteiger partial charge in [0.25, 0.3) is 5.91 Å². The second-order valence-corrected chi connectivity index (χ2v) is 5.85. The number of carbonyl (C=O) groups is 1. The number of phenolic OH excluding ortho intramolecular Hbond substituents is 1. The van der Waals surface area contributed by atoms with Gasteiger partial charge < -0.3 is 10.4 Å². The molecule has 98 valence electrons. The smallest absolute Gasteiger partial charge is 0.256 e. The second kappa shape index (κ2) is 5.75. The summed E-state index contributed by atoms with van der Waals surface area (Å²) in [7, 11) is 0. The van der Waals surface area contributed by atoms with Gasteiger partial charge in [-0.05, 0) is 64.8 Å². The molecule has 0 aliphatic carbocycles. The zero-order valence-corrected chi connectivity index (χ0v) is 13.2. The van der Waals surface area contributed by atoms with Gasteiger partial charge in [-0.2, -0.15) is 0 Å². The van der Waals surface area contributed by atoms with Crippen LogP contribution in [0.25, 0.3) is 0 Å². The van der Waals surface area contributed by atoms with Crippen LogP contribution in [0.2, 0.25) is 0 Å². The standard InChI is InChI=1S/C14H11Br2NO2/c1-8-6-10(18)3-5-13(8)17-14(19)11-4-2-9(15)7-12(11)16/h2-7,18H,1H3,(H,17,19). The Bertz CT molecular complexity index is 641. The zero-order valence-electron chi connectivity index (χ0n) is 10.1. The van der Waals surface area contributed by atoms with Crippen molar-refractivity contribution >= 4 is 43.5 Å². The third-order valence-electron chi connectivity index (χ3n) is 2.63. The number of benzene rings is 2. The van der Waals surface area contributed by atoms with Crippen LogP contribution in [-0.4, -0.2) is 11.0 Å². The second-order valence-electron chi connectivity index (χ2n) is 4.08. The van der Waals surface area contributed by atoms with Crippen molar-refractivity contribution in [2.24, 2.45) is 0 Å². The summed E-state index contributed by atoms with van der Waals surface area (Å²) in [5.74, 6) is -0.0199. The van der Waals surface area contributed by atoms with E-state index in [0.29, 0.717) is 11.3 Å². The Morgan fingerprint density at radius 2 is 1.89 bits per heavy atom. The SMILES string of the molecule is Cc1cc(O)ccc1NC(=O)c1ccc(Br)cc1Br. The summed E-state index contributed by atoms with van der Waals surface area (Å²) in [4.78, 5) is 12.2. The lowest BCUT2D eigenvalue weighted by Gasteiger charge is -2.10. The van der Waals surface area contributed by atoms with Gasteiger partial charge in [0, 0.05) is 14.6 Å². The zero-order chi connectivity index (χ0) is 14.0. The molecule has 2 aromatic rings. The molecular weight excluding hydrogens is 374 g/mol. The van der Waals surface area contributed by atoms with E-state index in [0.717, 1.165) is 14.5 Å². The van der Waals surface area contributed by atoms with E-state index in [1.54, 1.807) is 24.3 Å². The van der Waals surface area contributed by atoms with Gasteiger partial charge in [0.2, 0.25) is 0 Å². The number of aromatic hydroxyl groups is 1.